The Balaban J connectivity index is 1.53. The van der Waals surface area contributed by atoms with Gasteiger partial charge in [0, 0.05) is 24.2 Å². The highest BCUT2D eigenvalue weighted by molar-refractivity contribution is 5.87. The van der Waals surface area contributed by atoms with E-state index in [9.17, 15) is 18.4 Å². The predicted octanol–water partition coefficient (Wildman–Crippen LogP) is 5.50. The van der Waals surface area contributed by atoms with Gasteiger partial charge in [-0.1, -0.05) is 19.3 Å². The van der Waals surface area contributed by atoms with Gasteiger partial charge in [-0.3, -0.25) is 9.59 Å². The number of methoxy groups -OCH3 is 2. The Kier molecular flexibility index (Phi) is 9.03. The number of ether oxygens (including phenoxy) is 3. The average Bonchev–Trinajstić information content (AvgIpc) is 3.36. The Hall–Kier alpha value is -3.63. The van der Waals surface area contributed by atoms with Gasteiger partial charge in [-0.25, -0.2) is 8.78 Å². The van der Waals surface area contributed by atoms with Gasteiger partial charge in [-0.15, -0.1) is 0 Å². The average molecular weight is 587 g/mol. The molecule has 2 fully saturated rings. The van der Waals surface area contributed by atoms with Crippen LogP contribution >= 0.6 is 0 Å². The van der Waals surface area contributed by atoms with Crippen molar-refractivity contribution in [2.45, 2.75) is 76.4 Å². The molecule has 1 aromatic heterocycles. The molecule has 1 unspecified atom stereocenters. The van der Waals surface area contributed by atoms with Gasteiger partial charge in [0.1, 0.15) is 0 Å². The summed E-state index contributed by atoms with van der Waals surface area (Å²) in [4.78, 5) is 31.2. The Bertz CT molecular complexity index is 1260. The van der Waals surface area contributed by atoms with E-state index in [-0.39, 0.29) is 35.6 Å². The molecule has 2 saturated carbocycles. The third-order valence-electron chi connectivity index (χ3n) is 8.95. The predicted molar refractivity (Wildman–Crippen MR) is 153 cm³/mol. The van der Waals surface area contributed by atoms with E-state index in [2.05, 4.69) is 20.9 Å². The maximum absolute atomic E-state index is 14.5. The lowest BCUT2D eigenvalue weighted by Gasteiger charge is -2.44. The summed E-state index contributed by atoms with van der Waals surface area (Å²) in [6.45, 7) is 2.14. The monoisotopic (exact) mass is 586 g/mol. The molecule has 1 aliphatic heterocycles. The van der Waals surface area contributed by atoms with Crippen molar-refractivity contribution in [3.8, 4) is 11.8 Å². The largest absolute Gasteiger partial charge is 0.481 e. The standard InChI is InChI=1S/C31H40F2N4O5/c1-4-42-30(39)19-10-12-20(13-11-19)34-28(38)27(18-8-6-5-7-9-18)31(21-14-15-26(40-2)35-29(21)41-3)36-24-16-22(32)23(33)17-25(24)37-31/h14-20,27,36-37H,4-13H2,1-3H3,(H,34,38). The Morgan fingerprint density at radius 3 is 2.19 bits per heavy atom. The molecule has 3 N–H and O–H groups in total. The number of benzene rings is 1. The zero-order valence-corrected chi connectivity index (χ0v) is 24.4. The van der Waals surface area contributed by atoms with Gasteiger partial charge in [0.05, 0.1) is 49.6 Å². The zero-order chi connectivity index (χ0) is 29.9. The second-order valence-electron chi connectivity index (χ2n) is 11.5. The topological polar surface area (TPSA) is 111 Å². The number of carbonyl (C=O) groups is 2. The molecule has 1 aromatic carbocycles. The van der Waals surface area contributed by atoms with Crippen LogP contribution in [-0.4, -0.2) is 43.7 Å². The minimum absolute atomic E-state index is 0.0366. The molecule has 11 heteroatoms. The van der Waals surface area contributed by atoms with Crippen LogP contribution in [0.3, 0.4) is 0 Å². The smallest absolute Gasteiger partial charge is 0.308 e. The molecule has 9 nitrogen and oxygen atoms in total. The Morgan fingerprint density at radius 2 is 1.62 bits per heavy atom. The SMILES string of the molecule is CCOC(=O)C1CCC(NC(=O)C(C2CCCCC2)C2(c3ccc(OC)nc3OC)Nc3cc(F)c(F)cc3N2)CC1. The highest BCUT2D eigenvalue weighted by Gasteiger charge is 2.54. The van der Waals surface area contributed by atoms with Crippen molar-refractivity contribution in [1.82, 2.24) is 10.3 Å². The van der Waals surface area contributed by atoms with E-state index in [4.69, 9.17) is 14.2 Å². The lowest BCUT2D eigenvalue weighted by atomic mass is 9.71. The molecule has 2 heterocycles. The van der Waals surface area contributed by atoms with E-state index >= 15 is 0 Å². The fraction of sp³-hybridized carbons (Fsp3) is 0.581. The maximum Gasteiger partial charge on any atom is 0.308 e. The van der Waals surface area contributed by atoms with Gasteiger partial charge in [0.25, 0.3) is 0 Å². The number of hydrogen-bond acceptors (Lipinski definition) is 8. The van der Waals surface area contributed by atoms with Crippen molar-refractivity contribution in [2.24, 2.45) is 17.8 Å². The van der Waals surface area contributed by atoms with Crippen LogP contribution in [0.25, 0.3) is 0 Å². The van der Waals surface area contributed by atoms with Crippen molar-refractivity contribution in [2.75, 3.05) is 31.5 Å². The number of anilines is 2. The molecule has 2 aliphatic carbocycles. The Labute approximate surface area is 245 Å². The molecular formula is C31H40F2N4O5. The first-order chi connectivity index (χ1) is 20.3. The normalized spacial score (nSPS) is 22.2. The molecule has 0 radical (unpaired) electrons. The van der Waals surface area contributed by atoms with Gasteiger partial charge in [-0.2, -0.15) is 4.98 Å². The van der Waals surface area contributed by atoms with Gasteiger partial charge in [-0.05, 0) is 57.4 Å². The second kappa shape index (κ2) is 12.7. The fourth-order valence-corrected chi connectivity index (χ4v) is 6.92. The molecular weight excluding hydrogens is 546 g/mol. The highest BCUT2D eigenvalue weighted by atomic mass is 19.2. The zero-order valence-electron chi connectivity index (χ0n) is 24.4. The van der Waals surface area contributed by atoms with Gasteiger partial charge < -0.3 is 30.2 Å². The first kappa shape index (κ1) is 29.8. The Morgan fingerprint density at radius 1 is 0.976 bits per heavy atom. The van der Waals surface area contributed by atoms with Crippen LogP contribution in [0.4, 0.5) is 20.2 Å². The van der Waals surface area contributed by atoms with Crippen LogP contribution in [0.1, 0.15) is 70.3 Å². The van der Waals surface area contributed by atoms with E-state index in [1.807, 2.05) is 0 Å². The number of esters is 1. The summed E-state index contributed by atoms with van der Waals surface area (Å²) in [5, 5.41) is 10.1. The number of fused-ring (bicyclic) bond motifs is 1. The summed E-state index contributed by atoms with van der Waals surface area (Å²) in [5.74, 6) is -2.67. The van der Waals surface area contributed by atoms with Gasteiger partial charge in [0.15, 0.2) is 17.3 Å². The van der Waals surface area contributed by atoms with Crippen LogP contribution in [0.5, 0.6) is 11.8 Å². The number of carbonyl (C=O) groups excluding carboxylic acids is 2. The minimum atomic E-state index is -1.32. The summed E-state index contributed by atoms with van der Waals surface area (Å²) in [7, 11) is 2.98. The number of pyridine rings is 1. The number of halogens is 2. The van der Waals surface area contributed by atoms with Crippen molar-refractivity contribution in [1.29, 1.82) is 0 Å². The number of nitrogens with one attached hydrogen (secondary N) is 3. The molecule has 3 aliphatic rings. The van der Waals surface area contributed by atoms with E-state index in [0.717, 1.165) is 44.2 Å². The maximum atomic E-state index is 14.5. The molecule has 5 rings (SSSR count). The van der Waals surface area contributed by atoms with Gasteiger partial charge >= 0.3 is 5.97 Å². The van der Waals surface area contributed by atoms with E-state index in [1.54, 1.807) is 19.1 Å². The summed E-state index contributed by atoms with van der Waals surface area (Å²) in [6.07, 6.45) is 7.27. The van der Waals surface area contributed by atoms with Crippen LogP contribution in [0.15, 0.2) is 24.3 Å². The molecule has 1 atom stereocenters. The van der Waals surface area contributed by atoms with Gasteiger partial charge in [0.2, 0.25) is 17.7 Å². The lowest BCUT2D eigenvalue weighted by Crippen LogP contribution is -2.57. The first-order valence-corrected chi connectivity index (χ1v) is 14.9. The van der Waals surface area contributed by atoms with Crippen molar-refractivity contribution in [3.05, 3.63) is 41.5 Å². The highest BCUT2D eigenvalue weighted by Crippen LogP contribution is 2.51. The molecule has 228 valence electrons. The molecule has 1 amide bonds. The molecule has 42 heavy (non-hydrogen) atoms. The third-order valence-corrected chi connectivity index (χ3v) is 8.95. The van der Waals surface area contributed by atoms with Crippen molar-refractivity contribution in [3.63, 3.8) is 0 Å². The molecule has 2 aromatic rings. The second-order valence-corrected chi connectivity index (χ2v) is 11.5. The van der Waals surface area contributed by atoms with Crippen LogP contribution < -0.4 is 25.4 Å². The van der Waals surface area contributed by atoms with E-state index < -0.39 is 23.2 Å². The first-order valence-electron chi connectivity index (χ1n) is 14.9. The fourth-order valence-electron chi connectivity index (χ4n) is 6.92. The number of aromatic nitrogens is 1. The summed E-state index contributed by atoms with van der Waals surface area (Å²) >= 11 is 0. The van der Waals surface area contributed by atoms with E-state index in [0.29, 0.717) is 55.1 Å². The van der Waals surface area contributed by atoms with Crippen LogP contribution in [0.2, 0.25) is 0 Å². The molecule has 0 saturated heterocycles. The van der Waals surface area contributed by atoms with Crippen LogP contribution in [0, 0.1) is 29.4 Å². The van der Waals surface area contributed by atoms with E-state index in [1.165, 1.54) is 14.2 Å². The summed E-state index contributed by atoms with van der Waals surface area (Å²) < 4.78 is 45.1. The number of nitrogens with zero attached hydrogens (tertiary/aromatic N) is 1. The van der Waals surface area contributed by atoms with Crippen molar-refractivity contribution < 1.29 is 32.6 Å². The molecule has 0 bridgehead atoms. The quantitative estimate of drug-likeness (QED) is 0.331. The molecule has 0 spiro atoms. The minimum Gasteiger partial charge on any atom is -0.481 e. The lowest BCUT2D eigenvalue weighted by molar-refractivity contribution is -0.149. The summed E-state index contributed by atoms with van der Waals surface area (Å²) in [6, 6.07) is 5.56. The number of rotatable bonds is 9. The third kappa shape index (κ3) is 5.83. The van der Waals surface area contributed by atoms with Crippen molar-refractivity contribution >= 4 is 23.3 Å². The van der Waals surface area contributed by atoms with Crippen LogP contribution in [-0.2, 0) is 20.0 Å². The number of hydrogen-bond donors (Lipinski definition) is 3. The summed E-state index contributed by atoms with van der Waals surface area (Å²) in [5.41, 5.74) is -0.105. The number of amides is 1.